The third-order valence-corrected chi connectivity index (χ3v) is 4.49. The molecule has 0 atom stereocenters. The van der Waals surface area contributed by atoms with E-state index in [2.05, 4.69) is 0 Å². The smallest absolute Gasteiger partial charge is 0.338 e. The van der Waals surface area contributed by atoms with E-state index >= 15 is 0 Å². The van der Waals surface area contributed by atoms with Crippen LogP contribution in [-0.4, -0.2) is 24.4 Å². The molecule has 118 valence electrons. The fourth-order valence-electron chi connectivity index (χ4n) is 2.42. The van der Waals surface area contributed by atoms with Gasteiger partial charge in [0.2, 0.25) is 11.8 Å². The Bertz CT molecular complexity index is 723. The van der Waals surface area contributed by atoms with Crippen molar-refractivity contribution in [2.45, 2.75) is 19.3 Å². The molecule has 0 N–H and O–H groups in total. The van der Waals surface area contributed by atoms with Crippen LogP contribution < -0.4 is 4.90 Å². The van der Waals surface area contributed by atoms with Crippen molar-refractivity contribution in [3.8, 4) is 0 Å². The summed E-state index contributed by atoms with van der Waals surface area (Å²) in [5, 5.41) is 1.98. The second-order valence-corrected chi connectivity index (χ2v) is 6.17. The molecule has 1 aromatic carbocycles. The monoisotopic (exact) mass is 329 g/mol. The van der Waals surface area contributed by atoms with Crippen molar-refractivity contribution in [1.82, 2.24) is 0 Å². The molecular formula is C17H15NO4S. The number of carbonyl (C=O) groups excluding carboxylic acids is 3. The van der Waals surface area contributed by atoms with E-state index in [0.717, 1.165) is 9.78 Å². The molecule has 0 saturated carbocycles. The molecule has 2 amide bonds. The van der Waals surface area contributed by atoms with Gasteiger partial charge in [0.1, 0.15) is 0 Å². The maximum atomic E-state index is 12.1. The maximum absolute atomic E-state index is 12.1. The fraction of sp³-hybridized carbons (Fsp3) is 0.235. The van der Waals surface area contributed by atoms with Crippen LogP contribution in [0.5, 0.6) is 0 Å². The van der Waals surface area contributed by atoms with Crippen molar-refractivity contribution in [2.75, 3.05) is 11.5 Å². The zero-order valence-electron chi connectivity index (χ0n) is 12.4. The summed E-state index contributed by atoms with van der Waals surface area (Å²) in [5.74, 6) is -0.932. The van der Waals surface area contributed by atoms with Gasteiger partial charge in [-0.05, 0) is 29.6 Å². The predicted molar refractivity (Wildman–Crippen MR) is 86.5 cm³/mol. The van der Waals surface area contributed by atoms with Crippen LogP contribution >= 0.6 is 11.3 Å². The molecule has 2 aromatic rings. The first kappa shape index (κ1) is 15.4. The van der Waals surface area contributed by atoms with Crippen LogP contribution in [0.15, 0.2) is 41.8 Å². The first-order valence-electron chi connectivity index (χ1n) is 7.30. The van der Waals surface area contributed by atoms with Crippen LogP contribution in [0.25, 0.3) is 0 Å². The van der Waals surface area contributed by atoms with Gasteiger partial charge in [-0.1, -0.05) is 12.1 Å². The summed E-state index contributed by atoms with van der Waals surface area (Å²) in [6.07, 6.45) is 1.11. The second-order valence-electron chi connectivity index (χ2n) is 5.14. The molecule has 0 unspecified atom stereocenters. The molecule has 2 heterocycles. The van der Waals surface area contributed by atoms with Gasteiger partial charge in [0.25, 0.3) is 0 Å². The summed E-state index contributed by atoms with van der Waals surface area (Å²) >= 11 is 1.62. The van der Waals surface area contributed by atoms with Crippen LogP contribution in [0, 0.1) is 0 Å². The van der Waals surface area contributed by atoms with Crippen LogP contribution in [0.3, 0.4) is 0 Å². The number of ether oxygens (including phenoxy) is 1. The Hall–Kier alpha value is -2.47. The minimum absolute atomic E-state index is 0.217. The van der Waals surface area contributed by atoms with E-state index in [9.17, 15) is 14.4 Å². The fourth-order valence-corrected chi connectivity index (χ4v) is 3.11. The Balaban J connectivity index is 1.65. The van der Waals surface area contributed by atoms with Gasteiger partial charge < -0.3 is 4.74 Å². The number of rotatable bonds is 5. The summed E-state index contributed by atoms with van der Waals surface area (Å²) in [5.41, 5.74) is 0.756. The van der Waals surface area contributed by atoms with Gasteiger partial charge in [-0.3, -0.25) is 14.5 Å². The number of esters is 1. The molecule has 0 aliphatic carbocycles. The Morgan fingerprint density at radius 3 is 2.61 bits per heavy atom. The Morgan fingerprint density at radius 2 is 1.91 bits per heavy atom. The van der Waals surface area contributed by atoms with Crippen molar-refractivity contribution < 1.29 is 19.1 Å². The van der Waals surface area contributed by atoms with Crippen molar-refractivity contribution in [1.29, 1.82) is 0 Å². The molecular weight excluding hydrogens is 314 g/mol. The van der Waals surface area contributed by atoms with Crippen LogP contribution in [0.1, 0.15) is 28.1 Å². The zero-order valence-corrected chi connectivity index (χ0v) is 13.2. The molecule has 23 heavy (non-hydrogen) atoms. The van der Waals surface area contributed by atoms with Crippen LogP contribution in [0.4, 0.5) is 5.69 Å². The largest absolute Gasteiger partial charge is 0.462 e. The number of imide groups is 1. The highest BCUT2D eigenvalue weighted by atomic mass is 32.1. The van der Waals surface area contributed by atoms with Crippen molar-refractivity contribution >= 4 is 34.8 Å². The van der Waals surface area contributed by atoms with Gasteiger partial charge in [-0.2, -0.15) is 0 Å². The highest BCUT2D eigenvalue weighted by Gasteiger charge is 2.30. The molecule has 6 heteroatoms. The Morgan fingerprint density at radius 1 is 1.13 bits per heavy atom. The molecule has 1 fully saturated rings. The van der Waals surface area contributed by atoms with Crippen molar-refractivity contribution in [3.05, 3.63) is 52.2 Å². The minimum Gasteiger partial charge on any atom is -0.462 e. The third kappa shape index (κ3) is 3.48. The predicted octanol–water partition coefficient (Wildman–Crippen LogP) is 2.80. The van der Waals surface area contributed by atoms with Crippen molar-refractivity contribution in [2.24, 2.45) is 0 Å². The van der Waals surface area contributed by atoms with Gasteiger partial charge in [0, 0.05) is 24.1 Å². The van der Waals surface area contributed by atoms with E-state index in [1.165, 1.54) is 6.07 Å². The van der Waals surface area contributed by atoms with E-state index in [1.807, 2.05) is 17.5 Å². The average molecular weight is 329 g/mol. The quantitative estimate of drug-likeness (QED) is 0.625. The lowest BCUT2D eigenvalue weighted by Crippen LogP contribution is -2.28. The average Bonchev–Trinajstić information content (AvgIpc) is 3.17. The van der Waals surface area contributed by atoms with Gasteiger partial charge in [-0.25, -0.2) is 4.79 Å². The van der Waals surface area contributed by atoms with Gasteiger partial charge >= 0.3 is 5.97 Å². The van der Waals surface area contributed by atoms with Gasteiger partial charge in [0.15, 0.2) is 0 Å². The number of amides is 2. The zero-order chi connectivity index (χ0) is 16.2. The summed E-state index contributed by atoms with van der Waals surface area (Å²) in [6, 6.07) is 10.4. The highest BCUT2D eigenvalue weighted by Crippen LogP contribution is 2.23. The standard InChI is InChI=1S/C17H15NO4S/c19-15-6-7-16(20)18(15)13-4-1-3-12(11-13)17(21)22-9-8-14-5-2-10-23-14/h1-5,10-11H,6-9H2. The molecule has 3 rings (SSSR count). The van der Waals surface area contributed by atoms with Crippen molar-refractivity contribution in [3.63, 3.8) is 0 Å². The number of benzene rings is 1. The first-order valence-corrected chi connectivity index (χ1v) is 8.18. The van der Waals surface area contributed by atoms with E-state index < -0.39 is 5.97 Å². The van der Waals surface area contributed by atoms with E-state index in [4.69, 9.17) is 4.74 Å². The summed E-state index contributed by atoms with van der Waals surface area (Å²) in [6.45, 7) is 0.297. The normalized spacial score (nSPS) is 14.3. The lowest BCUT2D eigenvalue weighted by molar-refractivity contribution is -0.121. The Labute approximate surface area is 137 Å². The van der Waals surface area contributed by atoms with Crippen LogP contribution in [-0.2, 0) is 20.7 Å². The number of carbonyl (C=O) groups is 3. The lowest BCUT2D eigenvalue weighted by Gasteiger charge is -2.14. The summed E-state index contributed by atoms with van der Waals surface area (Å²) in [7, 11) is 0. The number of hydrogen-bond acceptors (Lipinski definition) is 5. The first-order chi connectivity index (χ1) is 11.1. The maximum Gasteiger partial charge on any atom is 0.338 e. The molecule has 1 saturated heterocycles. The molecule has 0 spiro atoms. The number of hydrogen-bond donors (Lipinski definition) is 0. The number of nitrogens with zero attached hydrogens (tertiary/aromatic N) is 1. The molecule has 0 radical (unpaired) electrons. The van der Waals surface area contributed by atoms with E-state index in [1.54, 1.807) is 29.5 Å². The molecule has 1 aliphatic rings. The topological polar surface area (TPSA) is 63.7 Å². The van der Waals surface area contributed by atoms with E-state index in [0.29, 0.717) is 24.3 Å². The SMILES string of the molecule is O=C(OCCc1cccs1)c1cccc(N2C(=O)CCC2=O)c1. The van der Waals surface area contributed by atoms with Crippen LogP contribution in [0.2, 0.25) is 0 Å². The lowest BCUT2D eigenvalue weighted by atomic mass is 10.2. The summed E-state index contributed by atoms with van der Waals surface area (Å²) in [4.78, 5) is 37.9. The molecule has 5 nitrogen and oxygen atoms in total. The molecule has 1 aliphatic heterocycles. The molecule has 1 aromatic heterocycles. The van der Waals surface area contributed by atoms with Gasteiger partial charge in [-0.15, -0.1) is 11.3 Å². The highest BCUT2D eigenvalue weighted by molar-refractivity contribution is 7.09. The number of thiophene rings is 1. The summed E-state index contributed by atoms with van der Waals surface area (Å²) < 4.78 is 5.25. The Kier molecular flexibility index (Phi) is 4.52. The third-order valence-electron chi connectivity index (χ3n) is 3.55. The number of anilines is 1. The van der Waals surface area contributed by atoms with E-state index in [-0.39, 0.29) is 24.7 Å². The second kappa shape index (κ2) is 6.75. The molecule has 0 bridgehead atoms. The minimum atomic E-state index is -0.456. The van der Waals surface area contributed by atoms with Gasteiger partial charge in [0.05, 0.1) is 17.9 Å².